The van der Waals surface area contributed by atoms with Gasteiger partial charge in [0.15, 0.2) is 0 Å². The Hall–Kier alpha value is -1.89. The third-order valence-corrected chi connectivity index (χ3v) is 4.46. The smallest absolute Gasteiger partial charge is 0.272 e. The highest BCUT2D eigenvalue weighted by Gasteiger charge is 2.07. The van der Waals surface area contributed by atoms with E-state index in [9.17, 15) is 4.79 Å². The molecular weight excluding hydrogens is 401 g/mol. The predicted molar refractivity (Wildman–Crippen MR) is 104 cm³/mol. The first-order valence-corrected chi connectivity index (χ1v) is 8.66. The molecule has 4 nitrogen and oxygen atoms in total. The van der Waals surface area contributed by atoms with Gasteiger partial charge in [0.1, 0.15) is 0 Å². The van der Waals surface area contributed by atoms with Crippen LogP contribution in [0.4, 0.5) is 5.69 Å². The Morgan fingerprint density at radius 3 is 2.39 bits per heavy atom. The summed E-state index contributed by atoms with van der Waals surface area (Å²) >= 11 is 2.14. The molecule has 2 aromatic carbocycles. The van der Waals surface area contributed by atoms with Crippen molar-refractivity contribution in [3.63, 3.8) is 0 Å². The lowest BCUT2D eigenvalue weighted by molar-refractivity contribution is 0.0954. The van der Waals surface area contributed by atoms with Gasteiger partial charge in [0.05, 0.1) is 11.8 Å². The molecular formula is C18H20IN3O. The van der Waals surface area contributed by atoms with E-state index in [1.807, 2.05) is 30.3 Å². The van der Waals surface area contributed by atoms with Crippen LogP contribution in [-0.2, 0) is 0 Å². The maximum atomic E-state index is 12.0. The van der Waals surface area contributed by atoms with Crippen molar-refractivity contribution < 1.29 is 4.79 Å². The third-order valence-electron chi connectivity index (χ3n) is 3.52. The first kappa shape index (κ1) is 17.5. The van der Waals surface area contributed by atoms with Crippen molar-refractivity contribution in [3.8, 4) is 0 Å². The molecule has 0 aliphatic rings. The molecule has 0 saturated carbocycles. The number of amides is 1. The van der Waals surface area contributed by atoms with Crippen molar-refractivity contribution >= 4 is 40.4 Å². The fourth-order valence-corrected chi connectivity index (χ4v) is 2.86. The minimum Gasteiger partial charge on any atom is -0.372 e. The maximum absolute atomic E-state index is 12.0. The van der Waals surface area contributed by atoms with Crippen molar-refractivity contribution in [1.82, 2.24) is 5.43 Å². The van der Waals surface area contributed by atoms with Gasteiger partial charge in [-0.15, -0.1) is 0 Å². The van der Waals surface area contributed by atoms with Gasteiger partial charge in [0.2, 0.25) is 0 Å². The number of hydrazone groups is 1. The largest absolute Gasteiger partial charge is 0.372 e. The Kier molecular flexibility index (Phi) is 6.58. The first-order chi connectivity index (χ1) is 11.2. The van der Waals surface area contributed by atoms with Gasteiger partial charge in [0, 0.05) is 22.3 Å². The molecule has 5 heteroatoms. The van der Waals surface area contributed by atoms with E-state index >= 15 is 0 Å². The molecule has 120 valence electrons. The van der Waals surface area contributed by atoms with Crippen LogP contribution in [0.15, 0.2) is 53.6 Å². The predicted octanol–water partition coefficient (Wildman–Crippen LogP) is 3.90. The molecule has 0 unspecified atom stereocenters. The van der Waals surface area contributed by atoms with E-state index in [0.717, 1.165) is 22.2 Å². The fraction of sp³-hybridized carbons (Fsp3) is 0.222. The molecule has 0 fully saturated rings. The summed E-state index contributed by atoms with van der Waals surface area (Å²) in [5.74, 6) is -0.203. The first-order valence-electron chi connectivity index (χ1n) is 7.58. The Morgan fingerprint density at radius 1 is 1.13 bits per heavy atom. The number of carbonyl (C=O) groups excluding carboxylic acids is 1. The van der Waals surface area contributed by atoms with Crippen LogP contribution in [0.25, 0.3) is 0 Å². The van der Waals surface area contributed by atoms with Crippen LogP contribution in [0.1, 0.15) is 29.8 Å². The van der Waals surface area contributed by atoms with Crippen LogP contribution in [0.5, 0.6) is 0 Å². The minimum atomic E-state index is -0.203. The molecule has 2 rings (SSSR count). The number of rotatable bonds is 6. The number of benzene rings is 2. The Labute approximate surface area is 150 Å². The molecule has 2 aromatic rings. The molecule has 1 N–H and O–H groups in total. The number of hydrogen-bond acceptors (Lipinski definition) is 3. The number of hydrogen-bond donors (Lipinski definition) is 1. The van der Waals surface area contributed by atoms with E-state index in [4.69, 9.17) is 0 Å². The Morgan fingerprint density at radius 2 is 1.78 bits per heavy atom. The molecule has 0 aromatic heterocycles. The van der Waals surface area contributed by atoms with E-state index in [0.29, 0.717) is 5.56 Å². The normalized spacial score (nSPS) is 10.7. The van der Waals surface area contributed by atoms with E-state index < -0.39 is 0 Å². The van der Waals surface area contributed by atoms with Gasteiger partial charge in [-0.05, 0) is 66.3 Å². The van der Waals surface area contributed by atoms with Gasteiger partial charge >= 0.3 is 0 Å². The summed E-state index contributed by atoms with van der Waals surface area (Å²) in [7, 11) is 0. The second-order valence-electron chi connectivity index (χ2n) is 4.94. The summed E-state index contributed by atoms with van der Waals surface area (Å²) in [6, 6.07) is 15.5. The zero-order valence-corrected chi connectivity index (χ0v) is 15.4. The minimum absolute atomic E-state index is 0.203. The average molecular weight is 421 g/mol. The lowest BCUT2D eigenvalue weighted by Gasteiger charge is -2.20. The van der Waals surface area contributed by atoms with Crippen LogP contribution in [0, 0.1) is 3.57 Å². The number of carbonyl (C=O) groups is 1. The molecule has 0 atom stereocenters. The molecule has 0 heterocycles. The van der Waals surface area contributed by atoms with Gasteiger partial charge in [0.25, 0.3) is 5.91 Å². The highest BCUT2D eigenvalue weighted by molar-refractivity contribution is 14.1. The fourth-order valence-electron chi connectivity index (χ4n) is 2.23. The highest BCUT2D eigenvalue weighted by atomic mass is 127. The van der Waals surface area contributed by atoms with Crippen LogP contribution in [0.2, 0.25) is 0 Å². The van der Waals surface area contributed by atoms with Crippen molar-refractivity contribution in [2.45, 2.75) is 13.8 Å². The summed E-state index contributed by atoms with van der Waals surface area (Å²) in [5.41, 5.74) is 5.33. The summed E-state index contributed by atoms with van der Waals surface area (Å²) in [4.78, 5) is 14.3. The topological polar surface area (TPSA) is 44.7 Å². The second-order valence-corrected chi connectivity index (χ2v) is 6.10. The van der Waals surface area contributed by atoms with Gasteiger partial charge in [-0.2, -0.15) is 5.10 Å². The zero-order chi connectivity index (χ0) is 16.7. The summed E-state index contributed by atoms with van der Waals surface area (Å²) < 4.78 is 0.904. The van der Waals surface area contributed by atoms with Crippen molar-refractivity contribution in [1.29, 1.82) is 0 Å². The molecule has 0 radical (unpaired) electrons. The molecule has 0 aliphatic carbocycles. The second kappa shape index (κ2) is 8.67. The highest BCUT2D eigenvalue weighted by Crippen LogP contribution is 2.14. The van der Waals surface area contributed by atoms with Crippen molar-refractivity contribution in [3.05, 3.63) is 63.2 Å². The summed E-state index contributed by atoms with van der Waals surface area (Å²) in [6.45, 7) is 6.24. The van der Waals surface area contributed by atoms with Crippen LogP contribution >= 0.6 is 22.6 Å². The quantitative estimate of drug-likeness (QED) is 0.437. The molecule has 0 bridgehead atoms. The van der Waals surface area contributed by atoms with E-state index in [-0.39, 0.29) is 5.91 Å². The van der Waals surface area contributed by atoms with Gasteiger partial charge in [-0.25, -0.2) is 5.43 Å². The molecule has 1 amide bonds. The molecule has 23 heavy (non-hydrogen) atoms. The number of nitrogens with one attached hydrogen (secondary N) is 1. The number of nitrogens with zero attached hydrogens (tertiary/aromatic N) is 2. The molecule has 0 aliphatic heterocycles. The van der Waals surface area contributed by atoms with Gasteiger partial charge in [-0.1, -0.05) is 24.3 Å². The van der Waals surface area contributed by atoms with Crippen LogP contribution in [-0.4, -0.2) is 25.2 Å². The SMILES string of the molecule is CCN(CC)c1ccc(/C=N\NC(=O)c2ccccc2I)cc1. The van der Waals surface area contributed by atoms with Gasteiger partial charge < -0.3 is 4.90 Å². The maximum Gasteiger partial charge on any atom is 0.272 e. The summed E-state index contributed by atoms with van der Waals surface area (Å²) in [6.07, 6.45) is 1.65. The number of anilines is 1. The summed E-state index contributed by atoms with van der Waals surface area (Å²) in [5, 5.41) is 4.03. The van der Waals surface area contributed by atoms with E-state index in [2.05, 4.69) is 64.0 Å². The monoisotopic (exact) mass is 421 g/mol. The Bertz CT molecular complexity index is 679. The average Bonchev–Trinajstić information content (AvgIpc) is 2.57. The lowest BCUT2D eigenvalue weighted by Crippen LogP contribution is -2.21. The van der Waals surface area contributed by atoms with Crippen LogP contribution in [0.3, 0.4) is 0 Å². The molecule has 0 spiro atoms. The van der Waals surface area contributed by atoms with Crippen molar-refractivity contribution in [2.24, 2.45) is 5.10 Å². The van der Waals surface area contributed by atoms with Crippen molar-refractivity contribution in [2.75, 3.05) is 18.0 Å². The van der Waals surface area contributed by atoms with E-state index in [1.165, 1.54) is 5.69 Å². The Balaban J connectivity index is 1.98. The standard InChI is InChI=1S/C18H20IN3O/c1-3-22(4-2)15-11-9-14(10-12-15)13-20-21-18(23)16-7-5-6-8-17(16)19/h5-13H,3-4H2,1-2H3,(H,21,23)/b20-13-. The van der Waals surface area contributed by atoms with Crippen LogP contribution < -0.4 is 10.3 Å². The molecule has 0 saturated heterocycles. The third kappa shape index (κ3) is 4.79. The number of halogens is 1. The zero-order valence-electron chi connectivity index (χ0n) is 13.3. The lowest BCUT2D eigenvalue weighted by atomic mass is 10.2. The van der Waals surface area contributed by atoms with E-state index in [1.54, 1.807) is 12.3 Å². The van der Waals surface area contributed by atoms with Gasteiger partial charge in [-0.3, -0.25) is 4.79 Å².